The van der Waals surface area contributed by atoms with Crippen molar-refractivity contribution in [2.75, 3.05) is 14.1 Å². The van der Waals surface area contributed by atoms with Gasteiger partial charge in [0.1, 0.15) is 0 Å². The molecule has 0 aliphatic heterocycles. The van der Waals surface area contributed by atoms with Gasteiger partial charge in [0.15, 0.2) is 0 Å². The van der Waals surface area contributed by atoms with Crippen LogP contribution in [0.4, 0.5) is 4.79 Å². The molecule has 1 atom stereocenters. The first-order chi connectivity index (χ1) is 8.06. The Kier molecular flexibility index (Phi) is 4.76. The summed E-state index contributed by atoms with van der Waals surface area (Å²) in [6.45, 7) is 4.06. The van der Waals surface area contributed by atoms with E-state index in [1.165, 1.54) is 11.1 Å². The second-order valence-electron chi connectivity index (χ2n) is 4.12. The number of nitrogens with one attached hydrogen (secondary N) is 1. The number of rotatable bonds is 3. The molecule has 3 heteroatoms. The van der Waals surface area contributed by atoms with E-state index in [1.807, 2.05) is 25.1 Å². The summed E-state index contributed by atoms with van der Waals surface area (Å²) in [5.74, 6) is 0. The Morgan fingerprint density at radius 2 is 1.94 bits per heavy atom. The quantitative estimate of drug-likeness (QED) is 0.854. The van der Waals surface area contributed by atoms with Crippen LogP contribution in [0, 0.1) is 0 Å². The normalized spacial score (nSPS) is 13.1. The number of benzene rings is 1. The number of allylic oxidation sites excluding steroid dienone is 1. The van der Waals surface area contributed by atoms with Gasteiger partial charge in [-0.05, 0) is 25.0 Å². The van der Waals surface area contributed by atoms with Gasteiger partial charge >= 0.3 is 6.03 Å². The lowest BCUT2D eigenvalue weighted by molar-refractivity contribution is 0.204. The Morgan fingerprint density at radius 3 is 2.47 bits per heavy atom. The molecule has 0 fully saturated rings. The average Bonchev–Trinajstić information content (AvgIpc) is 2.37. The number of carbonyl (C=O) groups is 1. The monoisotopic (exact) mass is 232 g/mol. The maximum absolute atomic E-state index is 11.5. The smallest absolute Gasteiger partial charge is 0.317 e. The molecule has 17 heavy (non-hydrogen) atoms. The van der Waals surface area contributed by atoms with E-state index in [-0.39, 0.29) is 12.1 Å². The molecule has 0 radical (unpaired) electrons. The largest absolute Gasteiger partial charge is 0.341 e. The first-order valence-corrected chi connectivity index (χ1v) is 5.74. The third kappa shape index (κ3) is 3.63. The van der Waals surface area contributed by atoms with Crippen molar-refractivity contribution >= 4 is 11.6 Å². The van der Waals surface area contributed by atoms with Crippen LogP contribution in [0.3, 0.4) is 0 Å². The standard InChI is InChI=1S/C14H20N2O/c1-11(13-8-6-5-7-9-13)10-12(2)16(4)14(17)15-3/h5-10,12H,1-4H3,(H,15,17)/b11-10+/t12-/m1/s1. The summed E-state index contributed by atoms with van der Waals surface area (Å²) in [6, 6.07) is 10.2. The van der Waals surface area contributed by atoms with Gasteiger partial charge < -0.3 is 10.2 Å². The van der Waals surface area contributed by atoms with Gasteiger partial charge in [-0.15, -0.1) is 0 Å². The average molecular weight is 232 g/mol. The Hall–Kier alpha value is -1.77. The highest BCUT2D eigenvalue weighted by Gasteiger charge is 2.11. The zero-order chi connectivity index (χ0) is 12.8. The maximum Gasteiger partial charge on any atom is 0.317 e. The van der Waals surface area contributed by atoms with Crippen LogP contribution in [0.25, 0.3) is 5.57 Å². The molecular weight excluding hydrogens is 212 g/mol. The molecule has 0 saturated carbocycles. The molecule has 92 valence electrons. The number of likely N-dealkylation sites (N-methyl/N-ethyl adjacent to an activating group) is 1. The van der Waals surface area contributed by atoms with Gasteiger partial charge in [0.25, 0.3) is 0 Å². The highest BCUT2D eigenvalue weighted by Crippen LogP contribution is 2.14. The molecule has 2 amide bonds. The van der Waals surface area contributed by atoms with Crippen molar-refractivity contribution in [3.05, 3.63) is 42.0 Å². The Bertz CT molecular complexity index is 398. The van der Waals surface area contributed by atoms with Crippen molar-refractivity contribution in [3.8, 4) is 0 Å². The SMILES string of the molecule is CNC(=O)N(C)[C@H](C)/C=C(\C)c1ccccc1. The van der Waals surface area contributed by atoms with Crippen LogP contribution >= 0.6 is 0 Å². The van der Waals surface area contributed by atoms with Gasteiger partial charge in [-0.1, -0.05) is 36.4 Å². The summed E-state index contributed by atoms with van der Waals surface area (Å²) >= 11 is 0. The first-order valence-electron chi connectivity index (χ1n) is 5.74. The maximum atomic E-state index is 11.5. The summed E-state index contributed by atoms with van der Waals surface area (Å²) in [6.07, 6.45) is 2.09. The van der Waals surface area contributed by atoms with E-state index in [1.54, 1.807) is 19.0 Å². The zero-order valence-electron chi connectivity index (χ0n) is 10.9. The molecule has 0 bridgehead atoms. The predicted molar refractivity (Wildman–Crippen MR) is 71.8 cm³/mol. The second kappa shape index (κ2) is 6.09. The van der Waals surface area contributed by atoms with Gasteiger partial charge in [-0.3, -0.25) is 0 Å². The van der Waals surface area contributed by atoms with Gasteiger partial charge in [-0.2, -0.15) is 0 Å². The summed E-state index contributed by atoms with van der Waals surface area (Å²) in [7, 11) is 3.43. The third-order valence-corrected chi connectivity index (χ3v) is 2.87. The van der Waals surface area contributed by atoms with Gasteiger partial charge in [0.05, 0.1) is 0 Å². The molecule has 0 heterocycles. The van der Waals surface area contributed by atoms with Gasteiger partial charge in [0, 0.05) is 20.1 Å². The number of hydrogen-bond acceptors (Lipinski definition) is 1. The second-order valence-corrected chi connectivity index (χ2v) is 4.12. The van der Waals surface area contributed by atoms with Crippen LogP contribution in [-0.2, 0) is 0 Å². The third-order valence-electron chi connectivity index (χ3n) is 2.87. The summed E-state index contributed by atoms with van der Waals surface area (Å²) in [5, 5.41) is 2.62. The molecule has 1 rings (SSSR count). The molecule has 1 N–H and O–H groups in total. The molecule has 1 aromatic carbocycles. The lowest BCUT2D eigenvalue weighted by atomic mass is 10.1. The first kappa shape index (κ1) is 13.3. The van der Waals surface area contributed by atoms with E-state index in [0.717, 1.165) is 0 Å². The van der Waals surface area contributed by atoms with E-state index in [0.29, 0.717) is 0 Å². The Labute approximate surface area is 103 Å². The molecule has 0 aliphatic rings. The lowest BCUT2D eigenvalue weighted by Gasteiger charge is -2.22. The highest BCUT2D eigenvalue weighted by molar-refractivity contribution is 5.74. The molecule has 0 spiro atoms. The Morgan fingerprint density at radius 1 is 1.35 bits per heavy atom. The van der Waals surface area contributed by atoms with Gasteiger partial charge in [0.2, 0.25) is 0 Å². The van der Waals surface area contributed by atoms with E-state index in [9.17, 15) is 4.79 Å². The summed E-state index contributed by atoms with van der Waals surface area (Å²) in [4.78, 5) is 13.1. The van der Waals surface area contributed by atoms with Crippen molar-refractivity contribution in [2.24, 2.45) is 0 Å². The fraction of sp³-hybridized carbons (Fsp3) is 0.357. The van der Waals surface area contributed by atoms with Crippen molar-refractivity contribution in [2.45, 2.75) is 19.9 Å². The van der Waals surface area contributed by atoms with Crippen LogP contribution in [0.2, 0.25) is 0 Å². The van der Waals surface area contributed by atoms with Crippen molar-refractivity contribution in [3.63, 3.8) is 0 Å². The number of carbonyl (C=O) groups excluding carboxylic acids is 1. The van der Waals surface area contributed by atoms with Crippen LogP contribution in [0.1, 0.15) is 19.4 Å². The molecule has 0 aromatic heterocycles. The van der Waals surface area contributed by atoms with E-state index in [2.05, 4.69) is 30.4 Å². The topological polar surface area (TPSA) is 32.3 Å². The van der Waals surface area contributed by atoms with Crippen LogP contribution < -0.4 is 5.32 Å². The Balaban J connectivity index is 2.79. The predicted octanol–water partition coefficient (Wildman–Crippen LogP) is 2.75. The summed E-state index contributed by atoms with van der Waals surface area (Å²) < 4.78 is 0. The van der Waals surface area contributed by atoms with Crippen LogP contribution in [0.5, 0.6) is 0 Å². The summed E-state index contributed by atoms with van der Waals surface area (Å²) in [5.41, 5.74) is 2.36. The number of nitrogens with zero attached hydrogens (tertiary/aromatic N) is 1. The molecule has 0 saturated heterocycles. The van der Waals surface area contributed by atoms with Crippen molar-refractivity contribution in [1.82, 2.24) is 10.2 Å². The molecule has 0 aliphatic carbocycles. The van der Waals surface area contributed by atoms with E-state index >= 15 is 0 Å². The minimum Gasteiger partial charge on any atom is -0.341 e. The highest BCUT2D eigenvalue weighted by atomic mass is 16.2. The van der Waals surface area contributed by atoms with Crippen LogP contribution in [0.15, 0.2) is 36.4 Å². The fourth-order valence-electron chi connectivity index (χ4n) is 1.63. The minimum absolute atomic E-state index is 0.0650. The van der Waals surface area contributed by atoms with E-state index in [4.69, 9.17) is 0 Å². The lowest BCUT2D eigenvalue weighted by Crippen LogP contribution is -2.39. The minimum atomic E-state index is -0.0744. The van der Waals surface area contributed by atoms with Crippen LogP contribution in [-0.4, -0.2) is 31.1 Å². The zero-order valence-corrected chi connectivity index (χ0v) is 10.9. The number of hydrogen-bond donors (Lipinski definition) is 1. The molecule has 1 aromatic rings. The number of urea groups is 1. The molecular formula is C14H20N2O. The van der Waals surface area contributed by atoms with Gasteiger partial charge in [-0.25, -0.2) is 4.79 Å². The number of amides is 2. The van der Waals surface area contributed by atoms with Crippen molar-refractivity contribution in [1.29, 1.82) is 0 Å². The van der Waals surface area contributed by atoms with Crippen molar-refractivity contribution < 1.29 is 4.79 Å². The molecule has 3 nitrogen and oxygen atoms in total. The van der Waals surface area contributed by atoms with E-state index < -0.39 is 0 Å². The fourth-order valence-corrected chi connectivity index (χ4v) is 1.63. The molecule has 0 unspecified atom stereocenters.